The standard InChI is InChI=1S/C27H40N2O5S/c1-6-11-18(4)28-14-10-13-27-20(21-25(33)34-15-9-8-12-26(21,5)35-27)23(31)29(22(27)24(28)32)19(16-30)17(3)7-2/h8,10,12-13,17-22,30H,6-7,9,11,14-16H2,1-5H3/t17-,18?,19-,20-,21+,22?,26-,27-/m0/s1. The molecule has 7 nitrogen and oxygen atoms in total. The summed E-state index contributed by atoms with van der Waals surface area (Å²) in [5.74, 6) is -2.09. The van der Waals surface area contributed by atoms with Crippen LogP contribution >= 0.6 is 11.8 Å². The van der Waals surface area contributed by atoms with Gasteiger partial charge in [0.05, 0.1) is 35.8 Å². The van der Waals surface area contributed by atoms with Crippen LogP contribution in [0, 0.1) is 17.8 Å². The Morgan fingerprint density at radius 3 is 2.54 bits per heavy atom. The maximum atomic E-state index is 14.4. The summed E-state index contributed by atoms with van der Waals surface area (Å²) in [6.45, 7) is 10.7. The Morgan fingerprint density at radius 1 is 1.14 bits per heavy atom. The van der Waals surface area contributed by atoms with Gasteiger partial charge in [0, 0.05) is 17.3 Å². The zero-order valence-corrected chi connectivity index (χ0v) is 22.4. The van der Waals surface area contributed by atoms with E-state index in [-0.39, 0.29) is 43.0 Å². The fourth-order valence-corrected chi connectivity index (χ4v) is 8.73. The number of hydrogen-bond acceptors (Lipinski definition) is 6. The van der Waals surface area contributed by atoms with Gasteiger partial charge in [-0.2, -0.15) is 0 Å². The first kappa shape index (κ1) is 26.3. The van der Waals surface area contributed by atoms with Crippen LogP contribution in [0.15, 0.2) is 24.3 Å². The van der Waals surface area contributed by atoms with E-state index < -0.39 is 33.4 Å². The molecule has 2 amide bonds. The van der Waals surface area contributed by atoms with Gasteiger partial charge in [0.25, 0.3) is 0 Å². The molecule has 4 heterocycles. The predicted octanol–water partition coefficient (Wildman–Crippen LogP) is 3.17. The highest BCUT2D eigenvalue weighted by Crippen LogP contribution is 2.65. The van der Waals surface area contributed by atoms with Crippen molar-refractivity contribution in [2.75, 3.05) is 19.8 Å². The van der Waals surface area contributed by atoms with Crippen LogP contribution in [-0.4, -0.2) is 80.1 Å². The molecule has 0 bridgehead atoms. The zero-order valence-electron chi connectivity index (χ0n) is 21.6. The summed E-state index contributed by atoms with van der Waals surface area (Å²) >= 11 is 1.56. The molecule has 2 unspecified atom stereocenters. The monoisotopic (exact) mass is 504 g/mol. The number of thioether (sulfide) groups is 1. The summed E-state index contributed by atoms with van der Waals surface area (Å²) < 4.78 is 4.03. The molecule has 8 heteroatoms. The Kier molecular flexibility index (Phi) is 7.45. The number of fused-ring (bicyclic) bond motifs is 2. The van der Waals surface area contributed by atoms with Crippen molar-refractivity contribution in [1.29, 1.82) is 0 Å². The van der Waals surface area contributed by atoms with Crippen molar-refractivity contribution in [3.63, 3.8) is 0 Å². The second kappa shape index (κ2) is 9.92. The quantitative estimate of drug-likeness (QED) is 0.423. The normalized spacial score (nSPS) is 37.1. The van der Waals surface area contributed by atoms with Crippen molar-refractivity contribution in [3.8, 4) is 0 Å². The summed E-state index contributed by atoms with van der Waals surface area (Å²) in [6.07, 6.45) is 11.3. The second-order valence-electron chi connectivity index (χ2n) is 10.8. The Bertz CT molecular complexity index is 921. The van der Waals surface area contributed by atoms with Crippen molar-refractivity contribution in [2.45, 2.75) is 87.9 Å². The molecule has 0 radical (unpaired) electrons. The Balaban J connectivity index is 1.90. The van der Waals surface area contributed by atoms with Crippen molar-refractivity contribution in [2.24, 2.45) is 17.8 Å². The Labute approximate surface area is 213 Å². The number of ether oxygens (including phenoxy) is 1. The van der Waals surface area contributed by atoms with E-state index in [2.05, 4.69) is 13.8 Å². The number of esters is 1. The zero-order chi connectivity index (χ0) is 25.5. The van der Waals surface area contributed by atoms with Gasteiger partial charge < -0.3 is 19.6 Å². The van der Waals surface area contributed by atoms with E-state index in [4.69, 9.17) is 4.74 Å². The summed E-state index contributed by atoms with van der Waals surface area (Å²) in [5.41, 5.74) is 0. The van der Waals surface area contributed by atoms with Crippen LogP contribution in [0.3, 0.4) is 0 Å². The number of cyclic esters (lactones) is 1. The van der Waals surface area contributed by atoms with Gasteiger partial charge in [-0.25, -0.2) is 0 Å². The first-order valence-electron chi connectivity index (χ1n) is 13.1. The van der Waals surface area contributed by atoms with E-state index in [1.54, 1.807) is 16.7 Å². The van der Waals surface area contributed by atoms with Gasteiger partial charge in [0.2, 0.25) is 11.8 Å². The topological polar surface area (TPSA) is 87.2 Å². The smallest absolute Gasteiger partial charge is 0.311 e. The number of aliphatic hydroxyl groups is 1. The molecule has 4 rings (SSSR count). The lowest BCUT2D eigenvalue weighted by Gasteiger charge is -2.42. The van der Waals surface area contributed by atoms with E-state index in [1.807, 2.05) is 50.0 Å². The summed E-state index contributed by atoms with van der Waals surface area (Å²) in [7, 11) is 0. The fraction of sp³-hybridized carbons (Fsp3) is 0.741. The van der Waals surface area contributed by atoms with Crippen molar-refractivity contribution in [1.82, 2.24) is 9.80 Å². The summed E-state index contributed by atoms with van der Waals surface area (Å²) in [6, 6.07) is -1.24. The predicted molar refractivity (Wildman–Crippen MR) is 137 cm³/mol. The minimum Gasteiger partial charge on any atom is -0.465 e. The second-order valence-corrected chi connectivity index (χ2v) is 12.6. The largest absolute Gasteiger partial charge is 0.465 e. The maximum absolute atomic E-state index is 14.4. The van der Waals surface area contributed by atoms with Crippen LogP contribution in [-0.2, 0) is 19.1 Å². The molecule has 1 spiro atoms. The van der Waals surface area contributed by atoms with Gasteiger partial charge in [-0.1, -0.05) is 57.9 Å². The number of hydrogen-bond donors (Lipinski definition) is 1. The molecule has 0 aliphatic carbocycles. The summed E-state index contributed by atoms with van der Waals surface area (Å²) in [5, 5.41) is 10.4. The minimum absolute atomic E-state index is 0.00180. The average Bonchev–Trinajstić information content (AvgIpc) is 3.13. The number of rotatable bonds is 7. The lowest BCUT2D eigenvalue weighted by molar-refractivity contribution is -0.155. The van der Waals surface area contributed by atoms with Crippen LogP contribution in [0.4, 0.5) is 0 Å². The van der Waals surface area contributed by atoms with E-state index in [1.165, 1.54) is 0 Å². The first-order chi connectivity index (χ1) is 16.7. The number of nitrogens with zero attached hydrogens (tertiary/aromatic N) is 2. The molecule has 4 aliphatic heterocycles. The minimum atomic E-state index is -0.900. The van der Waals surface area contributed by atoms with Gasteiger partial charge in [-0.3, -0.25) is 14.4 Å². The average molecular weight is 505 g/mol. The highest BCUT2D eigenvalue weighted by atomic mass is 32.2. The van der Waals surface area contributed by atoms with E-state index in [0.29, 0.717) is 13.0 Å². The third-order valence-corrected chi connectivity index (χ3v) is 10.4. The SMILES string of the molecule is CCCC(C)N1CC=C[C@]23S[C@@]4(C)C=CCCOC(=O)[C@H]4[C@H]2C(=O)N([C@@H](CO)[C@@H](C)CC)C3C1=O. The molecule has 8 atom stereocenters. The third kappa shape index (κ3) is 4.05. The van der Waals surface area contributed by atoms with E-state index >= 15 is 0 Å². The molecule has 4 aliphatic rings. The van der Waals surface area contributed by atoms with Crippen LogP contribution in [0.2, 0.25) is 0 Å². The van der Waals surface area contributed by atoms with Crippen LogP contribution < -0.4 is 0 Å². The number of carbonyl (C=O) groups excluding carboxylic acids is 3. The molecule has 194 valence electrons. The number of amides is 2. The third-order valence-electron chi connectivity index (χ3n) is 8.57. The maximum Gasteiger partial charge on any atom is 0.311 e. The van der Waals surface area contributed by atoms with Gasteiger partial charge in [-0.15, -0.1) is 11.8 Å². The molecule has 35 heavy (non-hydrogen) atoms. The molecule has 1 N–H and O–H groups in total. The number of aliphatic hydroxyl groups excluding tert-OH is 1. The van der Waals surface area contributed by atoms with Crippen molar-refractivity contribution >= 4 is 29.5 Å². The Hall–Kier alpha value is -1.80. The molecule has 0 saturated carbocycles. The summed E-state index contributed by atoms with van der Waals surface area (Å²) in [4.78, 5) is 45.6. The molecular weight excluding hydrogens is 464 g/mol. The van der Waals surface area contributed by atoms with Crippen LogP contribution in [0.1, 0.15) is 60.3 Å². The molecule has 0 aromatic heterocycles. The molecule has 2 fully saturated rings. The van der Waals surface area contributed by atoms with E-state index in [0.717, 1.165) is 19.3 Å². The Morgan fingerprint density at radius 2 is 1.89 bits per heavy atom. The highest BCUT2D eigenvalue weighted by molar-refractivity contribution is 8.02. The first-order valence-corrected chi connectivity index (χ1v) is 13.9. The lowest BCUT2D eigenvalue weighted by atomic mass is 9.74. The van der Waals surface area contributed by atoms with Crippen LogP contribution in [0.5, 0.6) is 0 Å². The number of likely N-dealkylation sites (tertiary alicyclic amines) is 1. The number of carbonyl (C=O) groups is 3. The van der Waals surface area contributed by atoms with Gasteiger partial charge >= 0.3 is 5.97 Å². The van der Waals surface area contributed by atoms with E-state index in [9.17, 15) is 19.5 Å². The van der Waals surface area contributed by atoms with Crippen LogP contribution in [0.25, 0.3) is 0 Å². The van der Waals surface area contributed by atoms with Gasteiger partial charge in [-0.05, 0) is 32.6 Å². The lowest BCUT2D eigenvalue weighted by Crippen LogP contribution is -2.59. The van der Waals surface area contributed by atoms with Crippen molar-refractivity contribution < 1.29 is 24.2 Å². The van der Waals surface area contributed by atoms with Crippen molar-refractivity contribution in [3.05, 3.63) is 24.3 Å². The fourth-order valence-electron chi connectivity index (χ4n) is 6.59. The highest BCUT2D eigenvalue weighted by Gasteiger charge is 2.74. The molecule has 2 saturated heterocycles. The molecule has 0 aromatic carbocycles. The van der Waals surface area contributed by atoms with Gasteiger partial charge in [0.1, 0.15) is 6.04 Å². The molecular formula is C27H40N2O5S. The molecule has 0 aromatic rings. The van der Waals surface area contributed by atoms with Gasteiger partial charge in [0.15, 0.2) is 0 Å².